The van der Waals surface area contributed by atoms with Gasteiger partial charge in [-0.3, -0.25) is 9.59 Å². The zero-order valence-electron chi connectivity index (χ0n) is 11.8. The highest BCUT2D eigenvalue weighted by atomic mass is 35.5. The number of nitrogens with zero attached hydrogens (tertiary/aromatic N) is 2. The number of anilines is 1. The molecule has 6 nitrogen and oxygen atoms in total. The number of likely N-dealkylation sites (tertiary alicyclic amines) is 1. The van der Waals surface area contributed by atoms with Crippen LogP contribution in [-0.2, 0) is 4.79 Å². The maximum Gasteiger partial charge on any atom is 0.253 e. The molecule has 2 heterocycles. The van der Waals surface area contributed by atoms with Crippen molar-refractivity contribution in [1.29, 1.82) is 0 Å². The number of rotatable bonds is 4. The van der Waals surface area contributed by atoms with E-state index in [1.165, 1.54) is 18.7 Å². The summed E-state index contributed by atoms with van der Waals surface area (Å²) in [5, 5.41) is 2.89. The lowest BCUT2D eigenvalue weighted by molar-refractivity contribution is -0.131. The summed E-state index contributed by atoms with van der Waals surface area (Å²) in [5.41, 5.74) is 6.22. The quantitative estimate of drug-likeness (QED) is 0.824. The summed E-state index contributed by atoms with van der Waals surface area (Å²) in [6.45, 7) is 1.92. The van der Waals surface area contributed by atoms with Crippen molar-refractivity contribution in [3.05, 3.63) is 23.0 Å². The Bertz CT molecular complexity index is 530. The van der Waals surface area contributed by atoms with E-state index in [4.69, 9.17) is 17.3 Å². The third-order valence-electron chi connectivity index (χ3n) is 3.48. The molecular weight excluding hydrogens is 292 g/mol. The van der Waals surface area contributed by atoms with Crippen LogP contribution in [0.15, 0.2) is 12.3 Å². The van der Waals surface area contributed by atoms with Crippen molar-refractivity contribution in [3.63, 3.8) is 0 Å². The van der Waals surface area contributed by atoms with Gasteiger partial charge in [-0.05, 0) is 25.3 Å². The van der Waals surface area contributed by atoms with Crippen LogP contribution in [-0.4, -0.2) is 41.3 Å². The average Bonchev–Trinajstić information content (AvgIpc) is 2.50. The predicted molar refractivity (Wildman–Crippen MR) is 81.0 cm³/mol. The number of piperidine rings is 1. The normalized spacial score (nSPS) is 14.8. The second-order valence-electron chi connectivity index (χ2n) is 5.04. The number of hydrogen-bond donors (Lipinski definition) is 2. The third kappa shape index (κ3) is 4.32. The van der Waals surface area contributed by atoms with Gasteiger partial charge in [0.05, 0.1) is 17.4 Å². The molecule has 1 aromatic rings. The van der Waals surface area contributed by atoms with E-state index in [1.54, 1.807) is 0 Å². The fourth-order valence-corrected chi connectivity index (χ4v) is 2.47. The van der Waals surface area contributed by atoms with E-state index in [-0.39, 0.29) is 34.8 Å². The molecule has 2 amide bonds. The molecule has 1 fully saturated rings. The molecule has 21 heavy (non-hydrogen) atoms. The number of nitrogens with one attached hydrogen (secondary N) is 1. The summed E-state index contributed by atoms with van der Waals surface area (Å²) in [4.78, 5) is 29.6. The van der Waals surface area contributed by atoms with Gasteiger partial charge < -0.3 is 16.0 Å². The van der Waals surface area contributed by atoms with Gasteiger partial charge in [0.15, 0.2) is 0 Å². The summed E-state index contributed by atoms with van der Waals surface area (Å²) >= 11 is 5.74. The maximum atomic E-state index is 12.0. The van der Waals surface area contributed by atoms with Crippen LogP contribution in [0.2, 0.25) is 5.15 Å². The summed E-state index contributed by atoms with van der Waals surface area (Å²) in [5.74, 6) is -0.265. The molecule has 0 aliphatic carbocycles. The van der Waals surface area contributed by atoms with Gasteiger partial charge in [0, 0.05) is 26.1 Å². The summed E-state index contributed by atoms with van der Waals surface area (Å²) in [6, 6.07) is 1.42. The molecule has 1 saturated heterocycles. The van der Waals surface area contributed by atoms with Crippen LogP contribution in [0.25, 0.3) is 0 Å². The van der Waals surface area contributed by atoms with Crippen molar-refractivity contribution in [2.45, 2.75) is 25.7 Å². The number of pyridine rings is 1. The average molecular weight is 311 g/mol. The van der Waals surface area contributed by atoms with E-state index in [9.17, 15) is 9.59 Å². The number of nitrogens with two attached hydrogens (primary N) is 1. The largest absolute Gasteiger partial charge is 0.397 e. The number of halogens is 1. The van der Waals surface area contributed by atoms with Crippen LogP contribution in [0.1, 0.15) is 36.0 Å². The number of aromatic nitrogens is 1. The first kappa shape index (κ1) is 15.6. The number of nitrogen functional groups attached to an aromatic ring is 1. The van der Waals surface area contributed by atoms with E-state index < -0.39 is 0 Å². The smallest absolute Gasteiger partial charge is 0.253 e. The molecule has 0 unspecified atom stereocenters. The SMILES string of the molecule is Nc1cnc(Cl)cc1C(=O)NCCC(=O)N1CCCCC1. The van der Waals surface area contributed by atoms with Crippen molar-refractivity contribution in [1.82, 2.24) is 15.2 Å². The Morgan fingerprint density at radius 2 is 2.05 bits per heavy atom. The van der Waals surface area contributed by atoms with E-state index in [1.807, 2.05) is 4.90 Å². The van der Waals surface area contributed by atoms with Gasteiger partial charge in [-0.25, -0.2) is 4.98 Å². The Balaban J connectivity index is 1.81. The fraction of sp³-hybridized carbons (Fsp3) is 0.500. The first-order valence-corrected chi connectivity index (χ1v) is 7.42. The van der Waals surface area contributed by atoms with Crippen LogP contribution in [0.3, 0.4) is 0 Å². The number of hydrogen-bond acceptors (Lipinski definition) is 4. The minimum absolute atomic E-state index is 0.0794. The molecule has 2 rings (SSSR count). The molecule has 3 N–H and O–H groups in total. The molecule has 114 valence electrons. The first-order chi connectivity index (χ1) is 10.1. The number of carbonyl (C=O) groups is 2. The van der Waals surface area contributed by atoms with E-state index >= 15 is 0 Å². The first-order valence-electron chi connectivity index (χ1n) is 7.05. The van der Waals surface area contributed by atoms with Crippen LogP contribution in [0.5, 0.6) is 0 Å². The highest BCUT2D eigenvalue weighted by Gasteiger charge is 2.17. The number of amides is 2. The van der Waals surface area contributed by atoms with Gasteiger partial charge >= 0.3 is 0 Å². The standard InChI is InChI=1S/C14H19ClN4O2/c15-12-8-10(11(16)9-18-12)14(21)17-5-4-13(20)19-6-2-1-3-7-19/h8-9H,1-7,16H2,(H,17,21). The van der Waals surface area contributed by atoms with Crippen molar-refractivity contribution in [3.8, 4) is 0 Å². The molecule has 0 saturated carbocycles. The lowest BCUT2D eigenvalue weighted by Gasteiger charge is -2.26. The Kier molecular flexibility index (Phi) is 5.38. The molecule has 7 heteroatoms. The van der Waals surface area contributed by atoms with Crippen molar-refractivity contribution in [2.24, 2.45) is 0 Å². The molecule has 0 spiro atoms. The summed E-state index contributed by atoms with van der Waals surface area (Å²) < 4.78 is 0. The van der Waals surface area contributed by atoms with E-state index in [2.05, 4.69) is 10.3 Å². The second kappa shape index (κ2) is 7.26. The minimum Gasteiger partial charge on any atom is -0.397 e. The predicted octanol–water partition coefficient (Wildman–Crippen LogP) is 1.45. The molecule has 0 bridgehead atoms. The van der Waals surface area contributed by atoms with Gasteiger partial charge in [0.25, 0.3) is 5.91 Å². The zero-order valence-corrected chi connectivity index (χ0v) is 12.5. The third-order valence-corrected chi connectivity index (χ3v) is 3.69. The van der Waals surface area contributed by atoms with Crippen LogP contribution >= 0.6 is 11.6 Å². The topological polar surface area (TPSA) is 88.3 Å². The molecule has 0 atom stereocenters. The molecule has 1 aliphatic heterocycles. The van der Waals surface area contributed by atoms with Crippen molar-refractivity contribution < 1.29 is 9.59 Å². The molecule has 0 aromatic carbocycles. The Morgan fingerprint density at radius 3 is 2.76 bits per heavy atom. The summed E-state index contributed by atoms with van der Waals surface area (Å²) in [7, 11) is 0. The van der Waals surface area contributed by atoms with Gasteiger partial charge in [-0.2, -0.15) is 0 Å². The van der Waals surface area contributed by atoms with Crippen LogP contribution in [0.4, 0.5) is 5.69 Å². The summed E-state index contributed by atoms with van der Waals surface area (Å²) in [6.07, 6.45) is 4.94. The van der Waals surface area contributed by atoms with Gasteiger partial charge in [0.1, 0.15) is 5.15 Å². The van der Waals surface area contributed by atoms with E-state index in [0.29, 0.717) is 6.42 Å². The maximum absolute atomic E-state index is 12.0. The van der Waals surface area contributed by atoms with Crippen LogP contribution < -0.4 is 11.1 Å². The van der Waals surface area contributed by atoms with E-state index in [0.717, 1.165) is 25.9 Å². The Hall–Kier alpha value is -1.82. The Labute approximate surface area is 128 Å². The van der Waals surface area contributed by atoms with Crippen molar-refractivity contribution >= 4 is 29.1 Å². The monoisotopic (exact) mass is 310 g/mol. The van der Waals surface area contributed by atoms with Crippen LogP contribution in [0, 0.1) is 0 Å². The molecular formula is C14H19ClN4O2. The van der Waals surface area contributed by atoms with Gasteiger partial charge in [0.2, 0.25) is 5.91 Å². The highest BCUT2D eigenvalue weighted by Crippen LogP contribution is 2.14. The zero-order chi connectivity index (χ0) is 15.2. The van der Waals surface area contributed by atoms with Gasteiger partial charge in [-0.15, -0.1) is 0 Å². The molecule has 1 aromatic heterocycles. The fourth-order valence-electron chi connectivity index (χ4n) is 2.32. The lowest BCUT2D eigenvalue weighted by atomic mass is 10.1. The number of carbonyl (C=O) groups excluding carboxylic acids is 2. The van der Waals surface area contributed by atoms with Crippen molar-refractivity contribution in [2.75, 3.05) is 25.4 Å². The Morgan fingerprint density at radius 1 is 1.33 bits per heavy atom. The lowest BCUT2D eigenvalue weighted by Crippen LogP contribution is -2.37. The second-order valence-corrected chi connectivity index (χ2v) is 5.43. The molecule has 1 aliphatic rings. The van der Waals surface area contributed by atoms with Gasteiger partial charge in [-0.1, -0.05) is 11.6 Å². The highest BCUT2D eigenvalue weighted by molar-refractivity contribution is 6.29. The molecule has 0 radical (unpaired) electrons. The minimum atomic E-state index is -0.344.